The van der Waals surface area contributed by atoms with E-state index in [2.05, 4.69) is 42.9 Å². The Hall–Kier alpha value is -0.770. The van der Waals surface area contributed by atoms with Crippen LogP contribution in [-0.2, 0) is 0 Å². The van der Waals surface area contributed by atoms with Gasteiger partial charge in [-0.15, -0.1) is 0 Å². The number of hydrogen-bond donors (Lipinski definition) is 2. The minimum Gasteiger partial charge on any atom is -0.370 e. The van der Waals surface area contributed by atoms with Crippen LogP contribution in [0.5, 0.6) is 0 Å². The highest BCUT2D eigenvalue weighted by Gasteiger charge is 2.20. The van der Waals surface area contributed by atoms with Crippen molar-refractivity contribution in [2.45, 2.75) is 59.4 Å². The van der Waals surface area contributed by atoms with E-state index in [4.69, 9.17) is 5.73 Å². The SMILES string of the molecule is CCN1CCC(CN=C(N)NC(C)CCCC(C)C)C1. The van der Waals surface area contributed by atoms with Crippen LogP contribution < -0.4 is 11.1 Å². The van der Waals surface area contributed by atoms with Gasteiger partial charge in [-0.2, -0.15) is 0 Å². The molecule has 2 unspecified atom stereocenters. The molecule has 1 aliphatic rings. The van der Waals surface area contributed by atoms with Crippen LogP contribution in [0.15, 0.2) is 4.99 Å². The molecule has 0 bridgehead atoms. The molecule has 20 heavy (non-hydrogen) atoms. The average Bonchev–Trinajstić information content (AvgIpc) is 2.83. The third kappa shape index (κ3) is 7.13. The summed E-state index contributed by atoms with van der Waals surface area (Å²) in [6.07, 6.45) is 4.97. The van der Waals surface area contributed by atoms with Gasteiger partial charge in [-0.1, -0.05) is 33.6 Å². The molecule has 1 fully saturated rings. The molecule has 0 aromatic carbocycles. The monoisotopic (exact) mass is 282 g/mol. The van der Waals surface area contributed by atoms with Gasteiger partial charge in [0.25, 0.3) is 0 Å². The van der Waals surface area contributed by atoms with Gasteiger partial charge in [0.15, 0.2) is 5.96 Å². The second-order valence-corrected chi connectivity index (χ2v) is 6.64. The molecule has 0 aliphatic carbocycles. The molecule has 4 nitrogen and oxygen atoms in total. The molecule has 1 heterocycles. The molecule has 0 aromatic rings. The van der Waals surface area contributed by atoms with Crippen LogP contribution in [0, 0.1) is 11.8 Å². The number of nitrogens with two attached hydrogens (primary N) is 1. The van der Waals surface area contributed by atoms with Crippen LogP contribution in [0.3, 0.4) is 0 Å². The van der Waals surface area contributed by atoms with Gasteiger partial charge in [0, 0.05) is 19.1 Å². The summed E-state index contributed by atoms with van der Waals surface area (Å²) < 4.78 is 0. The number of likely N-dealkylation sites (tertiary alicyclic amines) is 1. The fourth-order valence-corrected chi connectivity index (χ4v) is 2.78. The summed E-state index contributed by atoms with van der Waals surface area (Å²) in [5.41, 5.74) is 5.98. The summed E-state index contributed by atoms with van der Waals surface area (Å²) in [6, 6.07) is 0.424. The fraction of sp³-hybridized carbons (Fsp3) is 0.938. The topological polar surface area (TPSA) is 53.6 Å². The molecule has 3 N–H and O–H groups in total. The summed E-state index contributed by atoms with van der Waals surface area (Å²) in [5, 5.41) is 3.32. The number of guanidine groups is 1. The van der Waals surface area contributed by atoms with Gasteiger partial charge in [0.05, 0.1) is 0 Å². The Morgan fingerprint density at radius 2 is 2.10 bits per heavy atom. The number of nitrogens with one attached hydrogen (secondary N) is 1. The average molecular weight is 282 g/mol. The first-order valence-electron chi connectivity index (χ1n) is 8.30. The van der Waals surface area contributed by atoms with E-state index in [0.29, 0.717) is 17.9 Å². The summed E-state index contributed by atoms with van der Waals surface area (Å²) in [4.78, 5) is 7.00. The third-order valence-corrected chi connectivity index (χ3v) is 4.15. The highest BCUT2D eigenvalue weighted by atomic mass is 15.2. The maximum absolute atomic E-state index is 5.98. The molecule has 0 saturated carbocycles. The van der Waals surface area contributed by atoms with Gasteiger partial charge < -0.3 is 16.0 Å². The van der Waals surface area contributed by atoms with Crippen LogP contribution in [0.1, 0.15) is 53.4 Å². The van der Waals surface area contributed by atoms with Crippen LogP contribution in [0.2, 0.25) is 0 Å². The zero-order valence-corrected chi connectivity index (χ0v) is 13.9. The number of aliphatic imine (C=N–C) groups is 1. The van der Waals surface area contributed by atoms with Gasteiger partial charge >= 0.3 is 0 Å². The largest absolute Gasteiger partial charge is 0.370 e. The van der Waals surface area contributed by atoms with E-state index in [0.717, 1.165) is 19.0 Å². The molecular weight excluding hydrogens is 248 g/mol. The first kappa shape index (κ1) is 17.3. The number of rotatable bonds is 8. The van der Waals surface area contributed by atoms with Gasteiger partial charge in [-0.25, -0.2) is 0 Å². The summed E-state index contributed by atoms with van der Waals surface area (Å²) in [5.74, 6) is 2.10. The third-order valence-electron chi connectivity index (χ3n) is 4.15. The predicted molar refractivity (Wildman–Crippen MR) is 88.0 cm³/mol. The molecule has 0 spiro atoms. The van der Waals surface area contributed by atoms with Crippen LogP contribution in [-0.4, -0.2) is 43.1 Å². The summed E-state index contributed by atoms with van der Waals surface area (Å²) >= 11 is 0. The molecule has 0 amide bonds. The predicted octanol–water partition coefficient (Wildman–Crippen LogP) is 2.45. The van der Waals surface area contributed by atoms with Crippen molar-refractivity contribution in [2.24, 2.45) is 22.6 Å². The summed E-state index contributed by atoms with van der Waals surface area (Å²) in [7, 11) is 0. The Kier molecular flexibility index (Phi) is 7.97. The zero-order valence-electron chi connectivity index (χ0n) is 13.9. The Morgan fingerprint density at radius 1 is 1.35 bits per heavy atom. The number of nitrogens with zero attached hydrogens (tertiary/aromatic N) is 2. The molecule has 1 saturated heterocycles. The molecule has 2 atom stereocenters. The van der Waals surface area contributed by atoms with Crippen molar-refractivity contribution in [1.29, 1.82) is 0 Å². The first-order chi connectivity index (χ1) is 9.51. The second-order valence-electron chi connectivity index (χ2n) is 6.64. The fourth-order valence-electron chi connectivity index (χ4n) is 2.78. The number of hydrogen-bond acceptors (Lipinski definition) is 2. The van der Waals surface area contributed by atoms with E-state index in [1.165, 1.54) is 38.8 Å². The minimum absolute atomic E-state index is 0.424. The lowest BCUT2D eigenvalue weighted by molar-refractivity contribution is 0.343. The maximum atomic E-state index is 5.98. The standard InChI is InChI=1S/C16H34N4/c1-5-20-10-9-15(12-20)11-18-16(17)19-14(4)8-6-7-13(2)3/h13-15H,5-12H2,1-4H3,(H3,17,18,19). The quantitative estimate of drug-likeness (QED) is 0.531. The van der Waals surface area contributed by atoms with Gasteiger partial charge in [0.1, 0.15) is 0 Å². The highest BCUT2D eigenvalue weighted by Crippen LogP contribution is 2.15. The normalized spacial score (nSPS) is 22.4. The minimum atomic E-state index is 0.424. The smallest absolute Gasteiger partial charge is 0.188 e. The van der Waals surface area contributed by atoms with Crippen molar-refractivity contribution >= 4 is 5.96 Å². The Balaban J connectivity index is 2.17. The molecule has 1 aliphatic heterocycles. The lowest BCUT2D eigenvalue weighted by Crippen LogP contribution is -2.38. The van der Waals surface area contributed by atoms with Crippen molar-refractivity contribution in [3.63, 3.8) is 0 Å². The van der Waals surface area contributed by atoms with Gasteiger partial charge in [-0.3, -0.25) is 4.99 Å². The Bertz CT molecular complexity index is 288. The van der Waals surface area contributed by atoms with E-state index in [1.807, 2.05) is 0 Å². The van der Waals surface area contributed by atoms with Crippen LogP contribution in [0.4, 0.5) is 0 Å². The van der Waals surface area contributed by atoms with E-state index >= 15 is 0 Å². The van der Waals surface area contributed by atoms with E-state index in [-0.39, 0.29) is 0 Å². The van der Waals surface area contributed by atoms with E-state index < -0.39 is 0 Å². The van der Waals surface area contributed by atoms with Crippen molar-refractivity contribution in [1.82, 2.24) is 10.2 Å². The lowest BCUT2D eigenvalue weighted by Gasteiger charge is -2.16. The molecule has 4 heteroatoms. The van der Waals surface area contributed by atoms with Gasteiger partial charge in [0.2, 0.25) is 0 Å². The Labute approximate surface area is 125 Å². The van der Waals surface area contributed by atoms with Crippen molar-refractivity contribution < 1.29 is 0 Å². The zero-order chi connectivity index (χ0) is 15.0. The highest BCUT2D eigenvalue weighted by molar-refractivity contribution is 5.78. The van der Waals surface area contributed by atoms with E-state index in [1.54, 1.807) is 0 Å². The second kappa shape index (κ2) is 9.22. The van der Waals surface area contributed by atoms with E-state index in [9.17, 15) is 0 Å². The Morgan fingerprint density at radius 3 is 2.70 bits per heavy atom. The molecule has 0 radical (unpaired) electrons. The maximum Gasteiger partial charge on any atom is 0.188 e. The molecule has 118 valence electrons. The molecule has 0 aromatic heterocycles. The van der Waals surface area contributed by atoms with Crippen molar-refractivity contribution in [2.75, 3.05) is 26.2 Å². The molecule has 1 rings (SSSR count). The first-order valence-corrected chi connectivity index (χ1v) is 8.30. The molecular formula is C16H34N4. The summed E-state index contributed by atoms with van der Waals surface area (Å²) in [6.45, 7) is 13.4. The van der Waals surface area contributed by atoms with Crippen molar-refractivity contribution in [3.05, 3.63) is 0 Å². The van der Waals surface area contributed by atoms with Crippen LogP contribution in [0.25, 0.3) is 0 Å². The lowest BCUT2D eigenvalue weighted by atomic mass is 10.0. The van der Waals surface area contributed by atoms with Crippen LogP contribution >= 0.6 is 0 Å². The van der Waals surface area contributed by atoms with Crippen molar-refractivity contribution in [3.8, 4) is 0 Å². The van der Waals surface area contributed by atoms with Gasteiger partial charge in [-0.05, 0) is 44.7 Å².